The zero-order chi connectivity index (χ0) is 22.6. The molecule has 0 fully saturated rings. The molecule has 1 heterocycles. The van der Waals surface area contributed by atoms with Gasteiger partial charge >= 0.3 is 5.97 Å². The summed E-state index contributed by atoms with van der Waals surface area (Å²) in [5.74, 6) is -0.960. The second-order valence-electron chi connectivity index (χ2n) is 7.80. The Hall–Kier alpha value is -4.44. The van der Waals surface area contributed by atoms with Crippen molar-refractivity contribution in [1.29, 1.82) is 0 Å². The monoisotopic (exact) mass is 430 g/mol. The van der Waals surface area contributed by atoms with E-state index in [1.807, 2.05) is 95.7 Å². The molecule has 4 nitrogen and oxygen atoms in total. The van der Waals surface area contributed by atoms with E-state index in [0.717, 1.165) is 33.8 Å². The van der Waals surface area contributed by atoms with Crippen molar-refractivity contribution < 1.29 is 9.90 Å². The van der Waals surface area contributed by atoms with Crippen LogP contribution in [0.15, 0.2) is 115 Å². The molecule has 5 rings (SSSR count). The van der Waals surface area contributed by atoms with Gasteiger partial charge in [-0.1, -0.05) is 97.1 Å². The summed E-state index contributed by atoms with van der Waals surface area (Å²) in [5, 5.41) is 15.0. The Morgan fingerprint density at radius 3 is 1.97 bits per heavy atom. The average Bonchev–Trinajstić information content (AvgIpc) is 3.24. The number of aromatic nitrogens is 2. The third kappa shape index (κ3) is 4.06. The van der Waals surface area contributed by atoms with Crippen molar-refractivity contribution in [2.45, 2.75) is 6.42 Å². The normalized spacial score (nSPS) is 10.8. The number of carbonyl (C=O) groups is 1. The minimum Gasteiger partial charge on any atom is -0.478 e. The summed E-state index contributed by atoms with van der Waals surface area (Å²) in [6.07, 6.45) is 0.626. The van der Waals surface area contributed by atoms with Crippen molar-refractivity contribution in [3.8, 4) is 28.2 Å². The van der Waals surface area contributed by atoms with Crippen LogP contribution in [0.5, 0.6) is 0 Å². The summed E-state index contributed by atoms with van der Waals surface area (Å²) < 4.78 is 1.88. The fraction of sp³-hybridized carbons (Fsp3) is 0.0345. The number of carboxylic acids is 1. The Kier molecular flexibility index (Phi) is 5.56. The van der Waals surface area contributed by atoms with E-state index in [0.29, 0.717) is 12.0 Å². The maximum absolute atomic E-state index is 12.2. The van der Waals surface area contributed by atoms with Gasteiger partial charge in [-0.2, -0.15) is 5.10 Å². The van der Waals surface area contributed by atoms with Gasteiger partial charge in [-0.15, -0.1) is 0 Å². The van der Waals surface area contributed by atoms with Crippen LogP contribution in [-0.2, 0) is 6.42 Å². The Balaban J connectivity index is 1.85. The van der Waals surface area contributed by atoms with Crippen LogP contribution in [0, 0.1) is 0 Å². The van der Waals surface area contributed by atoms with Gasteiger partial charge in [-0.05, 0) is 23.8 Å². The number of rotatable bonds is 6. The highest BCUT2D eigenvalue weighted by Gasteiger charge is 2.24. The highest BCUT2D eigenvalue weighted by molar-refractivity contribution is 5.97. The van der Waals surface area contributed by atoms with Crippen LogP contribution in [0.25, 0.3) is 28.2 Å². The number of para-hydroxylation sites is 1. The molecule has 0 aliphatic rings. The minimum atomic E-state index is -0.960. The van der Waals surface area contributed by atoms with Crippen LogP contribution < -0.4 is 0 Å². The average molecular weight is 431 g/mol. The van der Waals surface area contributed by atoms with E-state index in [1.165, 1.54) is 0 Å². The highest BCUT2D eigenvalue weighted by Crippen LogP contribution is 2.37. The maximum Gasteiger partial charge on any atom is 0.336 e. The van der Waals surface area contributed by atoms with Crippen molar-refractivity contribution >= 4 is 5.97 Å². The van der Waals surface area contributed by atoms with Gasteiger partial charge in [-0.3, -0.25) is 0 Å². The van der Waals surface area contributed by atoms with E-state index in [-0.39, 0.29) is 5.56 Å². The van der Waals surface area contributed by atoms with Gasteiger partial charge < -0.3 is 5.11 Å². The van der Waals surface area contributed by atoms with E-state index >= 15 is 0 Å². The molecule has 160 valence electrons. The standard InChI is InChI=1S/C29H22N2O2/c32-29(33)25-19-11-10-18-24(25)28-26(20-21-12-4-1-5-13-21)27(22-14-6-2-7-15-22)30-31(28)23-16-8-3-9-17-23/h1-19H,20H2,(H,32,33). The quantitative estimate of drug-likeness (QED) is 0.335. The minimum absolute atomic E-state index is 0.253. The molecule has 0 spiro atoms. The Morgan fingerprint density at radius 2 is 1.30 bits per heavy atom. The van der Waals surface area contributed by atoms with Gasteiger partial charge in [0.15, 0.2) is 0 Å². The molecule has 0 saturated heterocycles. The molecular formula is C29H22N2O2. The first-order chi connectivity index (χ1) is 16.2. The second-order valence-corrected chi connectivity index (χ2v) is 7.80. The molecule has 1 N–H and O–H groups in total. The van der Waals surface area contributed by atoms with Crippen LogP contribution in [0.4, 0.5) is 0 Å². The van der Waals surface area contributed by atoms with Gasteiger partial charge in [0.25, 0.3) is 0 Å². The summed E-state index contributed by atoms with van der Waals surface area (Å²) in [7, 11) is 0. The van der Waals surface area contributed by atoms with Crippen LogP contribution in [-0.4, -0.2) is 20.9 Å². The van der Waals surface area contributed by atoms with E-state index in [9.17, 15) is 9.90 Å². The van der Waals surface area contributed by atoms with Crippen LogP contribution >= 0.6 is 0 Å². The highest BCUT2D eigenvalue weighted by atomic mass is 16.4. The lowest BCUT2D eigenvalue weighted by Gasteiger charge is -2.13. The van der Waals surface area contributed by atoms with Gasteiger partial charge in [0.1, 0.15) is 0 Å². The topological polar surface area (TPSA) is 55.1 Å². The van der Waals surface area contributed by atoms with Gasteiger partial charge in [0.05, 0.1) is 22.6 Å². The first-order valence-electron chi connectivity index (χ1n) is 10.8. The van der Waals surface area contributed by atoms with Gasteiger partial charge in [-0.25, -0.2) is 9.48 Å². The van der Waals surface area contributed by atoms with Crippen molar-refractivity contribution in [3.63, 3.8) is 0 Å². The smallest absolute Gasteiger partial charge is 0.336 e. The number of hydrogen-bond acceptors (Lipinski definition) is 2. The van der Waals surface area contributed by atoms with Crippen LogP contribution in [0.3, 0.4) is 0 Å². The lowest BCUT2D eigenvalue weighted by molar-refractivity contribution is 0.0697. The molecule has 4 heteroatoms. The molecule has 0 saturated carbocycles. The van der Waals surface area contributed by atoms with Crippen LogP contribution in [0.1, 0.15) is 21.5 Å². The molecule has 33 heavy (non-hydrogen) atoms. The number of aromatic carboxylic acids is 1. The number of carboxylic acid groups (broad SMARTS) is 1. The number of benzene rings is 4. The molecule has 0 radical (unpaired) electrons. The van der Waals surface area contributed by atoms with E-state index in [1.54, 1.807) is 12.1 Å². The second kappa shape index (κ2) is 8.97. The SMILES string of the molecule is O=C(O)c1ccccc1-c1c(Cc2ccccc2)c(-c2ccccc2)nn1-c1ccccc1. The summed E-state index contributed by atoms with van der Waals surface area (Å²) >= 11 is 0. The predicted octanol–water partition coefficient (Wildman–Crippen LogP) is 6.50. The molecule has 0 aliphatic carbocycles. The zero-order valence-electron chi connectivity index (χ0n) is 17.9. The zero-order valence-corrected chi connectivity index (χ0v) is 17.9. The first kappa shape index (κ1) is 20.5. The van der Waals surface area contributed by atoms with Crippen molar-refractivity contribution in [1.82, 2.24) is 9.78 Å². The Morgan fingerprint density at radius 1 is 0.727 bits per heavy atom. The molecule has 1 aromatic heterocycles. The molecule has 0 unspecified atom stereocenters. The summed E-state index contributed by atoms with van der Waals surface area (Å²) in [6, 6.07) is 37.2. The van der Waals surface area contributed by atoms with E-state index < -0.39 is 5.97 Å². The van der Waals surface area contributed by atoms with Gasteiger partial charge in [0, 0.05) is 23.1 Å². The fourth-order valence-electron chi connectivity index (χ4n) is 4.15. The number of nitrogens with zero attached hydrogens (tertiary/aromatic N) is 2. The number of hydrogen-bond donors (Lipinski definition) is 1. The van der Waals surface area contributed by atoms with Gasteiger partial charge in [0.2, 0.25) is 0 Å². The van der Waals surface area contributed by atoms with Crippen molar-refractivity contribution in [3.05, 3.63) is 132 Å². The summed E-state index contributed by atoms with van der Waals surface area (Å²) in [6.45, 7) is 0. The third-order valence-electron chi connectivity index (χ3n) is 5.67. The summed E-state index contributed by atoms with van der Waals surface area (Å²) in [5.41, 5.74) is 6.54. The Bertz CT molecular complexity index is 1390. The fourth-order valence-corrected chi connectivity index (χ4v) is 4.15. The largest absolute Gasteiger partial charge is 0.478 e. The predicted molar refractivity (Wildman–Crippen MR) is 131 cm³/mol. The van der Waals surface area contributed by atoms with Crippen molar-refractivity contribution in [2.75, 3.05) is 0 Å². The summed E-state index contributed by atoms with van der Waals surface area (Å²) in [4.78, 5) is 12.2. The third-order valence-corrected chi connectivity index (χ3v) is 5.67. The van der Waals surface area contributed by atoms with E-state index in [2.05, 4.69) is 12.1 Å². The van der Waals surface area contributed by atoms with Crippen molar-refractivity contribution in [2.24, 2.45) is 0 Å². The lowest BCUT2D eigenvalue weighted by Crippen LogP contribution is -2.05. The van der Waals surface area contributed by atoms with Crippen LogP contribution in [0.2, 0.25) is 0 Å². The molecule has 0 amide bonds. The molecule has 5 aromatic rings. The molecule has 0 aliphatic heterocycles. The molecule has 4 aromatic carbocycles. The molecule has 0 bridgehead atoms. The lowest BCUT2D eigenvalue weighted by atomic mass is 9.94. The molecule has 0 atom stereocenters. The maximum atomic E-state index is 12.2. The first-order valence-corrected chi connectivity index (χ1v) is 10.8. The Labute approximate surface area is 192 Å². The van der Waals surface area contributed by atoms with E-state index in [4.69, 9.17) is 5.10 Å². The molecular weight excluding hydrogens is 408 g/mol.